The van der Waals surface area contributed by atoms with Crippen molar-refractivity contribution in [1.82, 2.24) is 9.62 Å². The van der Waals surface area contributed by atoms with Gasteiger partial charge in [-0.05, 0) is 56.4 Å². The van der Waals surface area contributed by atoms with E-state index in [1.165, 1.54) is 30.4 Å². The highest BCUT2D eigenvalue weighted by Gasteiger charge is 2.25. The molecule has 6 nitrogen and oxygen atoms in total. The second kappa shape index (κ2) is 9.41. The monoisotopic (exact) mass is 416 g/mol. The first-order chi connectivity index (χ1) is 13.9. The van der Waals surface area contributed by atoms with Crippen molar-refractivity contribution in [2.45, 2.75) is 37.5 Å². The van der Waals surface area contributed by atoms with Crippen LogP contribution in [0, 0.1) is 6.92 Å². The van der Waals surface area contributed by atoms with Gasteiger partial charge in [0, 0.05) is 19.6 Å². The number of aryl methyl sites for hydroxylation is 2. The first-order valence-electron chi connectivity index (χ1n) is 9.93. The van der Waals surface area contributed by atoms with Crippen LogP contribution < -0.4 is 9.46 Å². The fourth-order valence-corrected chi connectivity index (χ4v) is 4.55. The Kier molecular flexibility index (Phi) is 6.92. The van der Waals surface area contributed by atoms with E-state index in [0.29, 0.717) is 31.8 Å². The summed E-state index contributed by atoms with van der Waals surface area (Å²) >= 11 is 0. The van der Waals surface area contributed by atoms with Gasteiger partial charge in [0.2, 0.25) is 10.0 Å². The molecule has 1 aliphatic rings. The number of amides is 1. The topological polar surface area (TPSA) is 75.7 Å². The van der Waals surface area contributed by atoms with Crippen molar-refractivity contribution in [2.75, 3.05) is 26.7 Å². The van der Waals surface area contributed by atoms with Gasteiger partial charge in [0.15, 0.2) is 0 Å². The normalized spacial score (nSPS) is 14.2. The Labute approximate surface area is 172 Å². The van der Waals surface area contributed by atoms with Crippen LogP contribution in [0.25, 0.3) is 0 Å². The molecule has 1 fully saturated rings. The van der Waals surface area contributed by atoms with Crippen LogP contribution >= 0.6 is 0 Å². The van der Waals surface area contributed by atoms with Crippen molar-refractivity contribution < 1.29 is 17.9 Å². The lowest BCUT2D eigenvalue weighted by Crippen LogP contribution is -2.29. The summed E-state index contributed by atoms with van der Waals surface area (Å²) in [5.41, 5.74) is 2.67. The maximum atomic E-state index is 12.8. The molecule has 0 aromatic heterocycles. The lowest BCUT2D eigenvalue weighted by Gasteiger charge is -2.18. The zero-order chi connectivity index (χ0) is 20.9. The van der Waals surface area contributed by atoms with Crippen LogP contribution in [0.4, 0.5) is 0 Å². The molecule has 2 aromatic carbocycles. The summed E-state index contributed by atoms with van der Waals surface area (Å²) in [4.78, 5) is 14.6. The minimum Gasteiger partial charge on any atom is -0.496 e. The summed E-state index contributed by atoms with van der Waals surface area (Å²) in [5, 5.41) is 0. The van der Waals surface area contributed by atoms with E-state index >= 15 is 0 Å². The molecule has 1 saturated heterocycles. The molecule has 1 heterocycles. The molecule has 0 atom stereocenters. The van der Waals surface area contributed by atoms with Crippen LogP contribution in [-0.4, -0.2) is 46.0 Å². The van der Waals surface area contributed by atoms with Crippen LogP contribution in [-0.2, 0) is 16.4 Å². The molecular weight excluding hydrogens is 388 g/mol. The summed E-state index contributed by atoms with van der Waals surface area (Å²) in [6.07, 6.45) is 3.42. The van der Waals surface area contributed by atoms with E-state index in [-0.39, 0.29) is 16.4 Å². The average Bonchev–Trinajstić information content (AvgIpc) is 3.26. The first kappa shape index (κ1) is 21.3. The van der Waals surface area contributed by atoms with Crippen LogP contribution in [0.15, 0.2) is 47.4 Å². The molecule has 29 heavy (non-hydrogen) atoms. The van der Waals surface area contributed by atoms with Gasteiger partial charge in [0.1, 0.15) is 5.75 Å². The standard InChI is InChI=1S/C22H28N2O4S/c1-17-7-9-18(10-8-17)6-5-13-23-29(26,27)19-11-12-21(28-2)20(16-19)22(25)24-14-3-4-15-24/h7-12,16,23H,3-6,13-15H2,1-2H3. The number of methoxy groups -OCH3 is 1. The summed E-state index contributed by atoms with van der Waals surface area (Å²) in [6.45, 7) is 3.75. The number of nitrogens with zero attached hydrogens (tertiary/aromatic N) is 1. The van der Waals surface area contributed by atoms with Gasteiger partial charge in [-0.25, -0.2) is 13.1 Å². The lowest BCUT2D eigenvalue weighted by molar-refractivity contribution is 0.0789. The number of carbonyl (C=O) groups excluding carboxylic acids is 1. The number of hydrogen-bond acceptors (Lipinski definition) is 4. The van der Waals surface area contributed by atoms with Gasteiger partial charge in [-0.2, -0.15) is 0 Å². The Morgan fingerprint density at radius 1 is 1.10 bits per heavy atom. The molecule has 156 valence electrons. The predicted molar refractivity (Wildman–Crippen MR) is 113 cm³/mol. The zero-order valence-electron chi connectivity index (χ0n) is 17.0. The molecule has 3 rings (SSSR count). The van der Waals surface area contributed by atoms with E-state index in [4.69, 9.17) is 4.74 Å². The number of carbonyl (C=O) groups is 1. The molecule has 0 bridgehead atoms. The van der Waals surface area contributed by atoms with Crippen molar-refractivity contribution >= 4 is 15.9 Å². The van der Waals surface area contributed by atoms with Crippen LogP contribution in [0.2, 0.25) is 0 Å². The van der Waals surface area contributed by atoms with Gasteiger partial charge in [0.05, 0.1) is 17.6 Å². The van der Waals surface area contributed by atoms with Crippen LogP contribution in [0.3, 0.4) is 0 Å². The van der Waals surface area contributed by atoms with Gasteiger partial charge < -0.3 is 9.64 Å². The number of rotatable bonds is 8. The summed E-state index contributed by atoms with van der Waals surface area (Å²) < 4.78 is 33.3. The third-order valence-electron chi connectivity index (χ3n) is 5.16. The highest BCUT2D eigenvalue weighted by molar-refractivity contribution is 7.89. The predicted octanol–water partition coefficient (Wildman–Crippen LogP) is 3.15. The Morgan fingerprint density at radius 2 is 1.79 bits per heavy atom. The number of benzene rings is 2. The van der Waals surface area contributed by atoms with Crippen molar-refractivity contribution in [3.8, 4) is 5.75 Å². The fourth-order valence-electron chi connectivity index (χ4n) is 3.45. The van der Waals surface area contributed by atoms with E-state index in [1.807, 2.05) is 6.92 Å². The molecule has 0 aliphatic carbocycles. The SMILES string of the molecule is COc1ccc(S(=O)(=O)NCCCc2ccc(C)cc2)cc1C(=O)N1CCCC1. The maximum Gasteiger partial charge on any atom is 0.257 e. The Balaban J connectivity index is 1.66. The molecule has 1 aliphatic heterocycles. The number of likely N-dealkylation sites (tertiary alicyclic amines) is 1. The van der Waals surface area contributed by atoms with E-state index in [9.17, 15) is 13.2 Å². The second-order valence-corrected chi connectivity index (χ2v) is 9.12. The molecular formula is C22H28N2O4S. The molecule has 2 aromatic rings. The summed E-state index contributed by atoms with van der Waals surface area (Å²) in [7, 11) is -2.22. The lowest BCUT2D eigenvalue weighted by atomic mass is 10.1. The molecule has 0 unspecified atom stereocenters. The van der Waals surface area contributed by atoms with Gasteiger partial charge in [-0.3, -0.25) is 4.79 Å². The third kappa shape index (κ3) is 5.36. The van der Waals surface area contributed by atoms with E-state index in [0.717, 1.165) is 19.3 Å². The number of nitrogens with one attached hydrogen (secondary N) is 1. The van der Waals surface area contributed by atoms with Gasteiger partial charge >= 0.3 is 0 Å². The molecule has 0 spiro atoms. The second-order valence-electron chi connectivity index (χ2n) is 7.35. The smallest absolute Gasteiger partial charge is 0.257 e. The molecule has 1 N–H and O–H groups in total. The van der Waals surface area contributed by atoms with Crippen molar-refractivity contribution in [2.24, 2.45) is 0 Å². The quantitative estimate of drug-likeness (QED) is 0.671. The maximum absolute atomic E-state index is 12.8. The number of hydrogen-bond donors (Lipinski definition) is 1. The van der Waals surface area contributed by atoms with E-state index in [2.05, 4.69) is 29.0 Å². The molecule has 1 amide bonds. The van der Waals surface area contributed by atoms with Crippen molar-refractivity contribution in [3.63, 3.8) is 0 Å². The van der Waals surface area contributed by atoms with Gasteiger partial charge in [-0.1, -0.05) is 29.8 Å². The average molecular weight is 417 g/mol. The molecule has 7 heteroatoms. The van der Waals surface area contributed by atoms with Crippen molar-refractivity contribution in [3.05, 3.63) is 59.2 Å². The van der Waals surface area contributed by atoms with Crippen LogP contribution in [0.5, 0.6) is 5.75 Å². The van der Waals surface area contributed by atoms with Crippen molar-refractivity contribution in [1.29, 1.82) is 0 Å². The van der Waals surface area contributed by atoms with E-state index in [1.54, 1.807) is 11.0 Å². The Bertz CT molecular complexity index is 949. The van der Waals surface area contributed by atoms with Crippen LogP contribution in [0.1, 0.15) is 40.7 Å². The van der Waals surface area contributed by atoms with Gasteiger partial charge in [-0.15, -0.1) is 0 Å². The Morgan fingerprint density at radius 3 is 2.45 bits per heavy atom. The third-order valence-corrected chi connectivity index (χ3v) is 6.62. The highest BCUT2D eigenvalue weighted by atomic mass is 32.2. The highest BCUT2D eigenvalue weighted by Crippen LogP contribution is 2.25. The number of ether oxygens (including phenoxy) is 1. The minimum absolute atomic E-state index is 0.0798. The minimum atomic E-state index is -3.70. The fraction of sp³-hybridized carbons (Fsp3) is 0.409. The molecule has 0 saturated carbocycles. The summed E-state index contributed by atoms with van der Waals surface area (Å²) in [5.74, 6) is 0.205. The first-order valence-corrected chi connectivity index (χ1v) is 11.4. The van der Waals surface area contributed by atoms with Gasteiger partial charge in [0.25, 0.3) is 5.91 Å². The largest absolute Gasteiger partial charge is 0.496 e. The zero-order valence-corrected chi connectivity index (χ0v) is 17.8. The number of sulfonamides is 1. The Hall–Kier alpha value is -2.38. The van der Waals surface area contributed by atoms with E-state index < -0.39 is 10.0 Å². The summed E-state index contributed by atoms with van der Waals surface area (Å²) in [6, 6.07) is 12.7. The molecule has 0 radical (unpaired) electrons.